The maximum absolute atomic E-state index is 13.8. The number of rotatable bonds is 11. The average Bonchev–Trinajstić information content (AvgIpc) is 3.13. The number of carbonyl (C=O) groups excluding carboxylic acids is 1. The van der Waals surface area contributed by atoms with Crippen LogP contribution in [0.2, 0.25) is 0 Å². The van der Waals surface area contributed by atoms with E-state index in [2.05, 4.69) is 10.3 Å². The molecular weight excluding hydrogens is 502 g/mol. The molecule has 1 atom stereocenters. The van der Waals surface area contributed by atoms with Gasteiger partial charge in [-0.25, -0.2) is 8.42 Å². The van der Waals surface area contributed by atoms with Crippen LogP contribution in [0.25, 0.3) is 0 Å². The molecule has 0 aliphatic carbocycles. The molecule has 1 N–H and O–H groups in total. The summed E-state index contributed by atoms with van der Waals surface area (Å²) in [6.07, 6.45) is 4.44. The van der Waals surface area contributed by atoms with Crippen LogP contribution in [0.3, 0.4) is 0 Å². The summed E-state index contributed by atoms with van der Waals surface area (Å²) in [4.78, 5) is 17.5. The number of hydrogen-bond acceptors (Lipinski definition) is 6. The van der Waals surface area contributed by atoms with Crippen molar-refractivity contribution in [2.24, 2.45) is 0 Å². The highest BCUT2D eigenvalue weighted by molar-refractivity contribution is 7.89. The molecule has 2 aromatic carbocycles. The Labute approximate surface area is 225 Å². The SMILES string of the molecule is CCOc1cc(CN(C2CCCCNC2=O)S(=O)(=O)c2ccc(C)cc2)ccc1OCCc1ccccn1. The summed E-state index contributed by atoms with van der Waals surface area (Å²) in [5.74, 6) is 0.841. The molecule has 0 bridgehead atoms. The Morgan fingerprint density at radius 2 is 1.84 bits per heavy atom. The van der Waals surface area contributed by atoms with Gasteiger partial charge in [0.05, 0.1) is 18.1 Å². The summed E-state index contributed by atoms with van der Waals surface area (Å²) >= 11 is 0. The second-order valence-electron chi connectivity index (χ2n) is 9.30. The number of ether oxygens (including phenoxy) is 2. The van der Waals surface area contributed by atoms with E-state index in [1.807, 2.05) is 38.1 Å². The van der Waals surface area contributed by atoms with E-state index in [1.54, 1.807) is 42.6 Å². The Bertz CT molecular complexity index is 1310. The molecule has 3 aromatic rings. The van der Waals surface area contributed by atoms with Crippen molar-refractivity contribution in [3.8, 4) is 11.5 Å². The van der Waals surface area contributed by atoms with Gasteiger partial charge in [0.25, 0.3) is 0 Å². The van der Waals surface area contributed by atoms with E-state index in [0.717, 1.165) is 24.1 Å². The van der Waals surface area contributed by atoms with Gasteiger partial charge in [-0.3, -0.25) is 9.78 Å². The van der Waals surface area contributed by atoms with Crippen molar-refractivity contribution in [3.05, 3.63) is 83.7 Å². The zero-order valence-electron chi connectivity index (χ0n) is 21.9. The molecule has 1 aromatic heterocycles. The van der Waals surface area contributed by atoms with Gasteiger partial charge in [0.2, 0.25) is 15.9 Å². The molecule has 202 valence electrons. The van der Waals surface area contributed by atoms with Crippen molar-refractivity contribution >= 4 is 15.9 Å². The number of amides is 1. The smallest absolute Gasteiger partial charge is 0.244 e. The van der Waals surface area contributed by atoms with Crippen molar-refractivity contribution in [2.75, 3.05) is 19.8 Å². The maximum atomic E-state index is 13.8. The molecule has 1 aliphatic rings. The molecule has 1 saturated heterocycles. The number of pyridine rings is 1. The molecule has 9 heteroatoms. The molecule has 4 rings (SSSR count). The van der Waals surface area contributed by atoms with Crippen LogP contribution in [0.1, 0.15) is 43.0 Å². The summed E-state index contributed by atoms with van der Waals surface area (Å²) in [7, 11) is -3.95. The molecule has 1 fully saturated rings. The third kappa shape index (κ3) is 6.90. The topological polar surface area (TPSA) is 97.8 Å². The number of aromatic nitrogens is 1. The van der Waals surface area contributed by atoms with Gasteiger partial charge in [-0.15, -0.1) is 0 Å². The van der Waals surface area contributed by atoms with Gasteiger partial charge in [-0.05, 0) is 75.1 Å². The van der Waals surface area contributed by atoms with E-state index in [1.165, 1.54) is 4.31 Å². The number of benzene rings is 2. The first kappa shape index (κ1) is 27.6. The molecule has 0 spiro atoms. The standard InChI is InChI=1S/C29H35N3O5S/c1-3-36-28-20-23(12-15-27(28)37-19-16-24-8-4-6-17-30-24)21-32(26-9-5-7-18-31-29(26)33)38(34,35)25-13-10-22(2)11-14-25/h4,6,8,10-15,17,20,26H,3,5,7,9,16,18-19,21H2,1-2H3,(H,31,33). The zero-order chi connectivity index (χ0) is 27.0. The van der Waals surface area contributed by atoms with Crippen LogP contribution in [0.15, 0.2) is 71.8 Å². The van der Waals surface area contributed by atoms with Gasteiger partial charge < -0.3 is 14.8 Å². The van der Waals surface area contributed by atoms with Crippen LogP contribution in [0.5, 0.6) is 11.5 Å². The summed E-state index contributed by atoms with van der Waals surface area (Å²) in [6, 6.07) is 17.1. The third-order valence-corrected chi connectivity index (χ3v) is 8.34. The van der Waals surface area contributed by atoms with E-state index in [0.29, 0.717) is 49.7 Å². The van der Waals surface area contributed by atoms with Gasteiger partial charge in [-0.1, -0.05) is 29.8 Å². The molecule has 0 saturated carbocycles. The lowest BCUT2D eigenvalue weighted by Crippen LogP contribution is -2.48. The van der Waals surface area contributed by atoms with Gasteiger partial charge in [0.1, 0.15) is 6.04 Å². The third-order valence-electron chi connectivity index (χ3n) is 6.47. The largest absolute Gasteiger partial charge is 0.490 e. The quantitative estimate of drug-likeness (QED) is 0.392. The second-order valence-corrected chi connectivity index (χ2v) is 11.2. The molecule has 1 aliphatic heterocycles. The molecule has 1 unspecified atom stereocenters. The molecule has 8 nitrogen and oxygen atoms in total. The Balaban J connectivity index is 1.60. The fourth-order valence-corrected chi connectivity index (χ4v) is 6.04. The number of sulfonamides is 1. The lowest BCUT2D eigenvalue weighted by molar-refractivity contribution is -0.124. The normalized spacial score (nSPS) is 16.1. The van der Waals surface area contributed by atoms with Crippen molar-refractivity contribution in [2.45, 2.75) is 57.0 Å². The predicted molar refractivity (Wildman–Crippen MR) is 146 cm³/mol. The fraction of sp³-hybridized carbons (Fsp3) is 0.379. The van der Waals surface area contributed by atoms with Crippen molar-refractivity contribution in [3.63, 3.8) is 0 Å². The van der Waals surface area contributed by atoms with E-state index in [4.69, 9.17) is 9.47 Å². The van der Waals surface area contributed by atoms with Crippen LogP contribution in [-0.4, -0.2) is 49.4 Å². The lowest BCUT2D eigenvalue weighted by atomic mass is 10.1. The summed E-state index contributed by atoms with van der Waals surface area (Å²) in [6.45, 7) is 5.22. The minimum atomic E-state index is -3.95. The minimum Gasteiger partial charge on any atom is -0.490 e. The molecule has 38 heavy (non-hydrogen) atoms. The Morgan fingerprint density at radius 1 is 1.03 bits per heavy atom. The van der Waals surface area contributed by atoms with Crippen LogP contribution in [-0.2, 0) is 27.8 Å². The van der Waals surface area contributed by atoms with Crippen LogP contribution < -0.4 is 14.8 Å². The number of nitrogens with one attached hydrogen (secondary N) is 1. The number of hydrogen-bond donors (Lipinski definition) is 1. The Kier molecular flexibility index (Phi) is 9.36. The van der Waals surface area contributed by atoms with E-state index < -0.39 is 16.1 Å². The van der Waals surface area contributed by atoms with Crippen LogP contribution >= 0.6 is 0 Å². The van der Waals surface area contributed by atoms with Crippen molar-refractivity contribution in [1.82, 2.24) is 14.6 Å². The van der Waals surface area contributed by atoms with Crippen LogP contribution in [0, 0.1) is 6.92 Å². The highest BCUT2D eigenvalue weighted by atomic mass is 32.2. The van der Waals surface area contributed by atoms with Gasteiger partial charge in [-0.2, -0.15) is 4.31 Å². The first-order chi connectivity index (χ1) is 18.4. The fourth-order valence-electron chi connectivity index (χ4n) is 4.44. The number of carbonyl (C=O) groups is 1. The maximum Gasteiger partial charge on any atom is 0.244 e. The first-order valence-electron chi connectivity index (χ1n) is 13.0. The minimum absolute atomic E-state index is 0.0303. The van der Waals surface area contributed by atoms with E-state index in [9.17, 15) is 13.2 Å². The Morgan fingerprint density at radius 3 is 2.58 bits per heavy atom. The van der Waals surface area contributed by atoms with Gasteiger partial charge >= 0.3 is 0 Å². The van der Waals surface area contributed by atoms with Gasteiger partial charge in [0, 0.05) is 31.4 Å². The summed E-state index contributed by atoms with van der Waals surface area (Å²) < 4.78 is 40.8. The first-order valence-corrected chi connectivity index (χ1v) is 14.5. The lowest BCUT2D eigenvalue weighted by Gasteiger charge is -2.29. The molecule has 0 radical (unpaired) electrons. The summed E-state index contributed by atoms with van der Waals surface area (Å²) in [5, 5.41) is 2.88. The zero-order valence-corrected chi connectivity index (χ0v) is 22.7. The predicted octanol–water partition coefficient (Wildman–Crippen LogP) is 4.27. The second kappa shape index (κ2) is 12.9. The van der Waals surface area contributed by atoms with Crippen LogP contribution in [0.4, 0.5) is 0 Å². The van der Waals surface area contributed by atoms with Gasteiger partial charge in [0.15, 0.2) is 11.5 Å². The average molecular weight is 538 g/mol. The summed E-state index contributed by atoms with van der Waals surface area (Å²) in [5.41, 5.74) is 2.60. The Hall–Kier alpha value is -3.43. The molecular formula is C29H35N3O5S. The van der Waals surface area contributed by atoms with E-state index in [-0.39, 0.29) is 17.3 Å². The molecule has 1 amide bonds. The highest BCUT2D eigenvalue weighted by Gasteiger charge is 2.36. The monoisotopic (exact) mass is 537 g/mol. The number of nitrogens with zero attached hydrogens (tertiary/aromatic N) is 2. The number of aryl methyl sites for hydroxylation is 1. The highest BCUT2D eigenvalue weighted by Crippen LogP contribution is 2.31. The molecule has 2 heterocycles. The van der Waals surface area contributed by atoms with E-state index >= 15 is 0 Å². The van der Waals surface area contributed by atoms with Crippen molar-refractivity contribution < 1.29 is 22.7 Å². The van der Waals surface area contributed by atoms with Crippen molar-refractivity contribution in [1.29, 1.82) is 0 Å².